The number of phenols is 1. The second-order valence-corrected chi connectivity index (χ2v) is 4.27. The van der Waals surface area contributed by atoms with Gasteiger partial charge < -0.3 is 15.7 Å². The van der Waals surface area contributed by atoms with E-state index < -0.39 is 0 Å². The van der Waals surface area contributed by atoms with E-state index in [2.05, 4.69) is 0 Å². The van der Waals surface area contributed by atoms with Crippen LogP contribution in [0.4, 0.5) is 5.69 Å². The third-order valence-corrected chi connectivity index (χ3v) is 3.08. The lowest BCUT2D eigenvalue weighted by Crippen LogP contribution is -2.28. The van der Waals surface area contributed by atoms with Gasteiger partial charge in [-0.3, -0.25) is 4.79 Å². The summed E-state index contributed by atoms with van der Waals surface area (Å²) in [5.41, 5.74) is 5.83. The maximum Gasteiger partial charge on any atom is 0.259 e. The first kappa shape index (κ1) is 11.1. The lowest BCUT2D eigenvalue weighted by molar-refractivity contribution is 0.0790. The molecule has 1 heterocycles. The summed E-state index contributed by atoms with van der Waals surface area (Å²) in [6.07, 6.45) is 1.98. The molecule has 16 heavy (non-hydrogen) atoms. The smallest absolute Gasteiger partial charge is 0.259 e. The Hall–Kier alpha value is -1.42. The van der Waals surface area contributed by atoms with Crippen LogP contribution in [0.5, 0.6) is 5.75 Å². The van der Waals surface area contributed by atoms with Gasteiger partial charge in [-0.25, -0.2) is 0 Å². The van der Waals surface area contributed by atoms with E-state index in [0.29, 0.717) is 13.1 Å². The first-order chi connectivity index (χ1) is 7.61. The standard InChI is InChI=1S/C11H13ClN2O2/c12-7-3-4-8(13)10(15)9(7)11(16)14-5-1-2-6-14/h3-4,15H,1-2,5-6,13H2. The second kappa shape index (κ2) is 4.22. The van der Waals surface area contributed by atoms with Crippen LogP contribution in [-0.4, -0.2) is 29.0 Å². The largest absolute Gasteiger partial charge is 0.505 e. The van der Waals surface area contributed by atoms with Gasteiger partial charge in [-0.15, -0.1) is 0 Å². The molecule has 0 aliphatic carbocycles. The average Bonchev–Trinajstić information content (AvgIpc) is 2.77. The molecule has 0 unspecified atom stereocenters. The Morgan fingerprint density at radius 1 is 1.38 bits per heavy atom. The zero-order valence-electron chi connectivity index (χ0n) is 8.74. The van der Waals surface area contributed by atoms with Crippen molar-refractivity contribution in [2.75, 3.05) is 18.8 Å². The number of carbonyl (C=O) groups is 1. The summed E-state index contributed by atoms with van der Waals surface area (Å²) < 4.78 is 0. The summed E-state index contributed by atoms with van der Waals surface area (Å²) in [6.45, 7) is 1.42. The van der Waals surface area contributed by atoms with Gasteiger partial charge in [0, 0.05) is 13.1 Å². The van der Waals surface area contributed by atoms with E-state index in [9.17, 15) is 9.90 Å². The zero-order chi connectivity index (χ0) is 11.7. The predicted octanol–water partition coefficient (Wildman–Crippen LogP) is 1.86. The topological polar surface area (TPSA) is 66.6 Å². The normalized spacial score (nSPS) is 15.4. The summed E-state index contributed by atoms with van der Waals surface area (Å²) in [5.74, 6) is -0.461. The van der Waals surface area contributed by atoms with Gasteiger partial charge in [0.2, 0.25) is 0 Å². The Balaban J connectivity index is 2.39. The molecule has 3 N–H and O–H groups in total. The minimum Gasteiger partial charge on any atom is -0.505 e. The van der Waals surface area contributed by atoms with Gasteiger partial charge >= 0.3 is 0 Å². The molecular formula is C11H13ClN2O2. The molecule has 1 aliphatic rings. The zero-order valence-corrected chi connectivity index (χ0v) is 9.50. The van der Waals surface area contributed by atoms with Gasteiger partial charge in [0.15, 0.2) is 5.75 Å². The number of nitrogen functional groups attached to an aromatic ring is 1. The van der Waals surface area contributed by atoms with Crippen molar-refractivity contribution in [1.82, 2.24) is 4.90 Å². The molecule has 1 amide bonds. The lowest BCUT2D eigenvalue weighted by Gasteiger charge is -2.17. The Labute approximate surface area is 98.6 Å². The Bertz CT molecular complexity index is 428. The van der Waals surface area contributed by atoms with Gasteiger partial charge in [0.1, 0.15) is 5.56 Å². The highest BCUT2D eigenvalue weighted by Gasteiger charge is 2.25. The molecule has 1 saturated heterocycles. The van der Waals surface area contributed by atoms with Crippen molar-refractivity contribution in [3.05, 3.63) is 22.7 Å². The monoisotopic (exact) mass is 240 g/mol. The third-order valence-electron chi connectivity index (χ3n) is 2.77. The Morgan fingerprint density at radius 3 is 2.62 bits per heavy atom. The molecule has 0 radical (unpaired) electrons. The van der Waals surface area contributed by atoms with Gasteiger partial charge in [0.05, 0.1) is 10.7 Å². The van der Waals surface area contributed by atoms with Crippen LogP contribution in [0.15, 0.2) is 12.1 Å². The number of halogens is 1. The van der Waals surface area contributed by atoms with Crippen LogP contribution in [0.2, 0.25) is 5.02 Å². The van der Waals surface area contributed by atoms with E-state index in [0.717, 1.165) is 12.8 Å². The van der Waals surface area contributed by atoms with Crippen LogP contribution in [0.3, 0.4) is 0 Å². The van der Waals surface area contributed by atoms with E-state index in [1.165, 1.54) is 12.1 Å². The fourth-order valence-electron chi connectivity index (χ4n) is 1.86. The first-order valence-corrected chi connectivity index (χ1v) is 5.55. The molecule has 0 saturated carbocycles. The number of rotatable bonds is 1. The molecule has 86 valence electrons. The summed E-state index contributed by atoms with van der Waals surface area (Å²) in [6, 6.07) is 3.01. The number of nitrogens with two attached hydrogens (primary N) is 1. The summed E-state index contributed by atoms with van der Waals surface area (Å²) >= 11 is 5.91. The molecule has 0 atom stereocenters. The number of hydrogen-bond donors (Lipinski definition) is 2. The molecule has 1 aromatic carbocycles. The molecule has 1 aliphatic heterocycles. The van der Waals surface area contributed by atoms with Crippen LogP contribution < -0.4 is 5.73 Å². The molecule has 5 heteroatoms. The number of benzene rings is 1. The molecule has 0 bridgehead atoms. The minimum atomic E-state index is -0.243. The van der Waals surface area contributed by atoms with Crippen LogP contribution >= 0.6 is 11.6 Å². The summed E-state index contributed by atoms with van der Waals surface area (Å²) in [7, 11) is 0. The predicted molar refractivity (Wildman–Crippen MR) is 62.7 cm³/mol. The van der Waals surface area contributed by atoms with Crippen molar-refractivity contribution in [1.29, 1.82) is 0 Å². The molecule has 2 rings (SSSR count). The van der Waals surface area contributed by atoms with Crippen molar-refractivity contribution in [2.24, 2.45) is 0 Å². The molecule has 0 aromatic heterocycles. The van der Waals surface area contributed by atoms with Gasteiger partial charge in [-0.1, -0.05) is 11.6 Å². The summed E-state index contributed by atoms with van der Waals surface area (Å²) in [4.78, 5) is 13.7. The molecule has 4 nitrogen and oxygen atoms in total. The Morgan fingerprint density at radius 2 is 2.00 bits per heavy atom. The Kier molecular flexibility index (Phi) is 2.92. The van der Waals surface area contributed by atoms with Crippen LogP contribution in [0, 0.1) is 0 Å². The van der Waals surface area contributed by atoms with Crippen LogP contribution in [-0.2, 0) is 0 Å². The highest BCUT2D eigenvalue weighted by molar-refractivity contribution is 6.34. The lowest BCUT2D eigenvalue weighted by atomic mass is 10.1. The van der Waals surface area contributed by atoms with Crippen LogP contribution in [0.25, 0.3) is 0 Å². The number of likely N-dealkylation sites (tertiary alicyclic amines) is 1. The van der Waals surface area contributed by atoms with Gasteiger partial charge in [-0.2, -0.15) is 0 Å². The van der Waals surface area contributed by atoms with Crippen molar-refractivity contribution >= 4 is 23.2 Å². The molecule has 1 aromatic rings. The highest BCUT2D eigenvalue weighted by atomic mass is 35.5. The molecule has 0 spiro atoms. The SMILES string of the molecule is Nc1ccc(Cl)c(C(=O)N2CCCC2)c1O. The van der Waals surface area contributed by atoms with Gasteiger partial charge in [0.25, 0.3) is 5.91 Å². The van der Waals surface area contributed by atoms with Crippen molar-refractivity contribution in [2.45, 2.75) is 12.8 Å². The van der Waals surface area contributed by atoms with E-state index in [-0.39, 0.29) is 27.9 Å². The fraction of sp³-hybridized carbons (Fsp3) is 0.364. The average molecular weight is 241 g/mol. The maximum atomic E-state index is 12.1. The second-order valence-electron chi connectivity index (χ2n) is 3.86. The third kappa shape index (κ3) is 1.80. The van der Waals surface area contributed by atoms with Crippen molar-refractivity contribution in [3.8, 4) is 5.75 Å². The number of carbonyl (C=O) groups excluding carboxylic acids is 1. The van der Waals surface area contributed by atoms with E-state index in [4.69, 9.17) is 17.3 Å². The number of amides is 1. The minimum absolute atomic E-state index is 0.114. The summed E-state index contributed by atoms with van der Waals surface area (Å²) in [5, 5.41) is 9.99. The first-order valence-electron chi connectivity index (χ1n) is 5.17. The van der Waals surface area contributed by atoms with Crippen molar-refractivity contribution in [3.63, 3.8) is 0 Å². The fourth-order valence-corrected chi connectivity index (χ4v) is 2.10. The van der Waals surface area contributed by atoms with Crippen LogP contribution in [0.1, 0.15) is 23.2 Å². The maximum absolute atomic E-state index is 12.1. The number of phenolic OH excluding ortho intramolecular Hbond substituents is 1. The number of nitrogens with zero attached hydrogens (tertiary/aromatic N) is 1. The molecular weight excluding hydrogens is 228 g/mol. The number of aromatic hydroxyl groups is 1. The number of anilines is 1. The van der Waals surface area contributed by atoms with Crippen molar-refractivity contribution < 1.29 is 9.90 Å². The number of hydrogen-bond acceptors (Lipinski definition) is 3. The van der Waals surface area contributed by atoms with E-state index in [1.54, 1.807) is 4.90 Å². The molecule has 1 fully saturated rings. The quantitative estimate of drug-likeness (QED) is 0.582. The van der Waals surface area contributed by atoms with Gasteiger partial charge in [-0.05, 0) is 25.0 Å². The highest BCUT2D eigenvalue weighted by Crippen LogP contribution is 2.32. The van der Waals surface area contributed by atoms with E-state index >= 15 is 0 Å². The van der Waals surface area contributed by atoms with E-state index in [1.807, 2.05) is 0 Å².